The summed E-state index contributed by atoms with van der Waals surface area (Å²) in [5.74, 6) is 1.46. The number of methoxy groups -OCH3 is 1. The Morgan fingerprint density at radius 2 is 1.93 bits per heavy atom. The molecule has 30 heavy (non-hydrogen) atoms. The van der Waals surface area contributed by atoms with E-state index >= 15 is 0 Å². The van der Waals surface area contributed by atoms with E-state index in [2.05, 4.69) is 15.0 Å². The van der Waals surface area contributed by atoms with Gasteiger partial charge in [0.1, 0.15) is 5.75 Å². The van der Waals surface area contributed by atoms with Gasteiger partial charge in [-0.1, -0.05) is 0 Å². The average Bonchev–Trinajstić information content (AvgIpc) is 3.36. The summed E-state index contributed by atoms with van der Waals surface area (Å²) in [4.78, 5) is 16.6. The van der Waals surface area contributed by atoms with E-state index in [4.69, 9.17) is 14.2 Å². The maximum absolute atomic E-state index is 12.5. The molecule has 2 aromatic carbocycles. The molecular formula is C19H17N3O6S2. The molecule has 1 aliphatic heterocycles. The molecule has 1 aliphatic rings. The number of carbonyl (C=O) groups excluding carboxylic acids is 1. The van der Waals surface area contributed by atoms with Crippen molar-refractivity contribution in [2.75, 3.05) is 23.9 Å². The van der Waals surface area contributed by atoms with E-state index in [-0.39, 0.29) is 29.1 Å². The number of carbonyl (C=O) groups is 1. The van der Waals surface area contributed by atoms with Crippen molar-refractivity contribution >= 4 is 38.1 Å². The van der Waals surface area contributed by atoms with Crippen LogP contribution in [-0.2, 0) is 21.2 Å². The zero-order valence-electron chi connectivity index (χ0n) is 15.7. The lowest BCUT2D eigenvalue weighted by molar-refractivity contribution is -0.115. The van der Waals surface area contributed by atoms with E-state index in [0.717, 1.165) is 11.3 Å². The quantitative estimate of drug-likeness (QED) is 0.572. The average molecular weight is 447 g/mol. The maximum atomic E-state index is 12.5. The van der Waals surface area contributed by atoms with Crippen LogP contribution in [-0.4, -0.2) is 33.2 Å². The van der Waals surface area contributed by atoms with Crippen LogP contribution < -0.4 is 24.2 Å². The second-order valence-corrected chi connectivity index (χ2v) is 8.76. The van der Waals surface area contributed by atoms with Gasteiger partial charge in [-0.3, -0.25) is 9.52 Å². The Hall–Kier alpha value is -3.31. The first kappa shape index (κ1) is 20.0. The highest BCUT2D eigenvalue weighted by Gasteiger charge is 2.18. The Labute approximate surface area is 176 Å². The Kier molecular flexibility index (Phi) is 5.46. The molecule has 2 heterocycles. The summed E-state index contributed by atoms with van der Waals surface area (Å²) in [7, 11) is -2.29. The number of benzene rings is 2. The highest BCUT2D eigenvalue weighted by atomic mass is 32.2. The minimum absolute atomic E-state index is 0.00476. The molecule has 0 aliphatic carbocycles. The number of fused-ring (bicyclic) bond motifs is 1. The minimum atomic E-state index is -3.79. The fourth-order valence-corrected chi connectivity index (χ4v) is 4.67. The molecule has 1 aromatic heterocycles. The zero-order chi connectivity index (χ0) is 21.1. The number of rotatable bonds is 7. The number of sulfonamides is 1. The number of anilines is 2. The molecule has 156 valence electrons. The predicted octanol–water partition coefficient (Wildman–Crippen LogP) is 2.86. The number of ether oxygens (including phenoxy) is 3. The van der Waals surface area contributed by atoms with E-state index < -0.39 is 10.0 Å². The van der Waals surface area contributed by atoms with Crippen molar-refractivity contribution in [2.24, 2.45) is 0 Å². The fraction of sp³-hybridized carbons (Fsp3) is 0.158. The van der Waals surface area contributed by atoms with E-state index in [9.17, 15) is 13.2 Å². The maximum Gasteiger partial charge on any atom is 0.263 e. The minimum Gasteiger partial charge on any atom is -0.497 e. The molecule has 4 rings (SSSR count). The number of amides is 1. The van der Waals surface area contributed by atoms with Crippen molar-refractivity contribution in [1.82, 2.24) is 4.98 Å². The molecule has 1 amide bonds. The van der Waals surface area contributed by atoms with Crippen LogP contribution in [0, 0.1) is 0 Å². The van der Waals surface area contributed by atoms with E-state index in [0.29, 0.717) is 28.6 Å². The van der Waals surface area contributed by atoms with Gasteiger partial charge in [-0.05, 0) is 36.4 Å². The number of thiazole rings is 1. The number of aromatic nitrogens is 1. The summed E-state index contributed by atoms with van der Waals surface area (Å²) in [6.45, 7) is 0.154. The standard InChI is InChI=1S/C19H17N3O6S2/c1-26-14-3-5-15(6-4-14)30(24,25)22-19-21-13(10-29-19)9-18(23)20-12-2-7-16-17(8-12)28-11-27-16/h2-8,10H,9,11H2,1H3,(H,20,23)(H,21,22). The van der Waals surface area contributed by atoms with Gasteiger partial charge >= 0.3 is 0 Å². The summed E-state index contributed by atoms with van der Waals surface area (Å²) in [6, 6.07) is 11.1. The van der Waals surface area contributed by atoms with Crippen molar-refractivity contribution in [3.05, 3.63) is 53.5 Å². The summed E-state index contributed by atoms with van der Waals surface area (Å²) in [5, 5.41) is 4.56. The molecule has 0 atom stereocenters. The van der Waals surface area contributed by atoms with Gasteiger partial charge in [0.15, 0.2) is 16.6 Å². The third-order valence-corrected chi connectivity index (χ3v) is 6.43. The van der Waals surface area contributed by atoms with Gasteiger partial charge in [0.05, 0.1) is 24.1 Å². The van der Waals surface area contributed by atoms with Crippen LogP contribution in [0.2, 0.25) is 0 Å². The van der Waals surface area contributed by atoms with Gasteiger partial charge in [-0.2, -0.15) is 0 Å². The molecule has 0 radical (unpaired) electrons. The topological polar surface area (TPSA) is 116 Å². The number of nitrogens with zero attached hydrogens (tertiary/aromatic N) is 1. The summed E-state index contributed by atoms with van der Waals surface area (Å²) < 4.78 is 42.9. The number of hydrogen-bond donors (Lipinski definition) is 2. The van der Waals surface area contributed by atoms with Gasteiger partial charge < -0.3 is 19.5 Å². The van der Waals surface area contributed by atoms with Crippen LogP contribution in [0.25, 0.3) is 0 Å². The van der Waals surface area contributed by atoms with Crippen LogP contribution in [0.4, 0.5) is 10.8 Å². The van der Waals surface area contributed by atoms with Crippen LogP contribution in [0.5, 0.6) is 17.2 Å². The van der Waals surface area contributed by atoms with Gasteiger partial charge in [0, 0.05) is 17.1 Å². The van der Waals surface area contributed by atoms with Crippen molar-refractivity contribution in [2.45, 2.75) is 11.3 Å². The largest absolute Gasteiger partial charge is 0.497 e. The lowest BCUT2D eigenvalue weighted by atomic mass is 10.2. The van der Waals surface area contributed by atoms with E-state index in [1.807, 2.05) is 0 Å². The second kappa shape index (κ2) is 8.20. The van der Waals surface area contributed by atoms with Gasteiger partial charge in [0.2, 0.25) is 12.7 Å². The first-order valence-electron chi connectivity index (χ1n) is 8.74. The summed E-state index contributed by atoms with van der Waals surface area (Å²) in [5.41, 5.74) is 1.02. The number of hydrogen-bond acceptors (Lipinski definition) is 8. The van der Waals surface area contributed by atoms with Gasteiger partial charge in [-0.25, -0.2) is 13.4 Å². The molecule has 0 spiro atoms. The lowest BCUT2D eigenvalue weighted by Crippen LogP contribution is -2.15. The van der Waals surface area contributed by atoms with Crippen LogP contribution in [0.3, 0.4) is 0 Å². The monoisotopic (exact) mass is 447 g/mol. The smallest absolute Gasteiger partial charge is 0.263 e. The molecule has 2 N–H and O–H groups in total. The van der Waals surface area contributed by atoms with E-state index in [1.54, 1.807) is 35.7 Å². The SMILES string of the molecule is COc1ccc(S(=O)(=O)Nc2nc(CC(=O)Nc3ccc4c(c3)OCO4)cs2)cc1. The third-order valence-electron chi connectivity index (χ3n) is 4.14. The zero-order valence-corrected chi connectivity index (χ0v) is 17.4. The highest BCUT2D eigenvalue weighted by Crippen LogP contribution is 2.34. The molecule has 0 saturated carbocycles. The molecule has 3 aromatic rings. The molecule has 0 saturated heterocycles. The Morgan fingerprint density at radius 3 is 2.70 bits per heavy atom. The van der Waals surface area contributed by atoms with Crippen molar-refractivity contribution in [3.63, 3.8) is 0 Å². The van der Waals surface area contributed by atoms with Crippen molar-refractivity contribution < 1.29 is 27.4 Å². The first-order valence-corrected chi connectivity index (χ1v) is 11.1. The third kappa shape index (κ3) is 4.47. The summed E-state index contributed by atoms with van der Waals surface area (Å²) in [6.07, 6.45) is -0.00476. The molecule has 0 unspecified atom stereocenters. The normalized spacial score (nSPS) is 12.4. The second-order valence-electron chi connectivity index (χ2n) is 6.22. The fourth-order valence-electron chi connectivity index (χ4n) is 2.71. The Morgan fingerprint density at radius 1 is 1.17 bits per heavy atom. The predicted molar refractivity (Wildman–Crippen MR) is 111 cm³/mol. The van der Waals surface area contributed by atoms with Crippen LogP contribution >= 0.6 is 11.3 Å². The Bertz CT molecular complexity index is 1180. The van der Waals surface area contributed by atoms with Crippen LogP contribution in [0.15, 0.2) is 52.7 Å². The Balaban J connectivity index is 1.38. The molecule has 0 fully saturated rings. The number of nitrogens with one attached hydrogen (secondary N) is 2. The van der Waals surface area contributed by atoms with Crippen molar-refractivity contribution in [1.29, 1.82) is 0 Å². The van der Waals surface area contributed by atoms with Crippen LogP contribution in [0.1, 0.15) is 5.69 Å². The van der Waals surface area contributed by atoms with E-state index in [1.165, 1.54) is 19.2 Å². The lowest BCUT2D eigenvalue weighted by Gasteiger charge is -2.06. The molecule has 11 heteroatoms. The molecular weight excluding hydrogens is 430 g/mol. The van der Waals surface area contributed by atoms with Gasteiger partial charge in [0.25, 0.3) is 10.0 Å². The molecule has 0 bridgehead atoms. The first-order chi connectivity index (χ1) is 14.4. The summed E-state index contributed by atoms with van der Waals surface area (Å²) >= 11 is 1.10. The highest BCUT2D eigenvalue weighted by molar-refractivity contribution is 7.93. The van der Waals surface area contributed by atoms with Crippen molar-refractivity contribution in [3.8, 4) is 17.2 Å². The molecule has 9 nitrogen and oxygen atoms in total. The van der Waals surface area contributed by atoms with Gasteiger partial charge in [-0.15, -0.1) is 11.3 Å².